The highest BCUT2D eigenvalue weighted by atomic mass is 16.5. The van der Waals surface area contributed by atoms with E-state index < -0.39 is 5.97 Å². The van der Waals surface area contributed by atoms with Crippen LogP contribution in [0.2, 0.25) is 0 Å². The van der Waals surface area contributed by atoms with Crippen LogP contribution in [0.25, 0.3) is 0 Å². The van der Waals surface area contributed by atoms with Gasteiger partial charge in [-0.3, -0.25) is 9.59 Å². The van der Waals surface area contributed by atoms with Gasteiger partial charge in [0, 0.05) is 6.42 Å². The molecule has 3 aliphatic rings. The Balaban J connectivity index is 1.57. The normalized spacial score (nSPS) is 33.8. The molecule has 1 amide bonds. The maximum atomic E-state index is 12.4. The number of ether oxygens (including phenoxy) is 1. The van der Waals surface area contributed by atoms with Crippen LogP contribution < -0.4 is 5.32 Å². The van der Waals surface area contributed by atoms with Crippen LogP contribution in [0.1, 0.15) is 64.2 Å². The molecule has 3 rings (SSSR count). The molecule has 118 valence electrons. The highest BCUT2D eigenvalue weighted by Crippen LogP contribution is 2.42. The average molecular weight is 295 g/mol. The van der Waals surface area contributed by atoms with Crippen molar-refractivity contribution in [3.8, 4) is 0 Å². The van der Waals surface area contributed by atoms with Crippen molar-refractivity contribution in [3.63, 3.8) is 0 Å². The molecule has 1 saturated carbocycles. The van der Waals surface area contributed by atoms with Gasteiger partial charge in [-0.1, -0.05) is 19.3 Å². The Labute approximate surface area is 125 Å². The molecule has 3 atom stereocenters. The fraction of sp³-hybridized carbons (Fsp3) is 0.875. The summed E-state index contributed by atoms with van der Waals surface area (Å²) in [7, 11) is 0. The highest BCUT2D eigenvalue weighted by Gasteiger charge is 2.42. The van der Waals surface area contributed by atoms with Gasteiger partial charge in [0.25, 0.3) is 0 Å². The molecule has 0 aromatic carbocycles. The zero-order valence-corrected chi connectivity index (χ0v) is 12.5. The van der Waals surface area contributed by atoms with Gasteiger partial charge >= 0.3 is 5.97 Å². The molecule has 2 N–H and O–H groups in total. The van der Waals surface area contributed by atoms with Crippen LogP contribution in [0.5, 0.6) is 0 Å². The molecule has 2 bridgehead atoms. The van der Waals surface area contributed by atoms with Crippen molar-refractivity contribution in [1.82, 2.24) is 5.32 Å². The summed E-state index contributed by atoms with van der Waals surface area (Å²) < 4.78 is 5.76. The molecule has 0 spiro atoms. The summed E-state index contributed by atoms with van der Waals surface area (Å²) >= 11 is 0. The highest BCUT2D eigenvalue weighted by molar-refractivity contribution is 5.78. The Bertz CT molecular complexity index is 417. The molecule has 3 unspecified atom stereocenters. The topological polar surface area (TPSA) is 75.6 Å². The first-order valence-electron chi connectivity index (χ1n) is 8.23. The Morgan fingerprint density at radius 1 is 1.14 bits per heavy atom. The van der Waals surface area contributed by atoms with Gasteiger partial charge in [-0.15, -0.1) is 0 Å². The molecule has 3 fully saturated rings. The summed E-state index contributed by atoms with van der Waals surface area (Å²) in [6, 6.07) is 0.140. The van der Waals surface area contributed by atoms with Crippen molar-refractivity contribution < 1.29 is 19.4 Å². The SMILES string of the molecule is O=C(O)CC1(CC(=O)NC2CC3CCC2O3)CCCCC1. The van der Waals surface area contributed by atoms with E-state index in [1.165, 1.54) is 0 Å². The molecular weight excluding hydrogens is 270 g/mol. The Hall–Kier alpha value is -1.10. The minimum Gasteiger partial charge on any atom is -0.481 e. The molecule has 1 aliphatic carbocycles. The first kappa shape index (κ1) is 14.8. The Morgan fingerprint density at radius 3 is 2.48 bits per heavy atom. The van der Waals surface area contributed by atoms with Crippen LogP contribution in [0.15, 0.2) is 0 Å². The summed E-state index contributed by atoms with van der Waals surface area (Å²) in [5, 5.41) is 12.3. The minimum absolute atomic E-state index is 0.0132. The first-order chi connectivity index (χ1) is 10.1. The van der Waals surface area contributed by atoms with Gasteiger partial charge in [0.2, 0.25) is 5.91 Å². The number of rotatable bonds is 5. The lowest BCUT2D eigenvalue weighted by Gasteiger charge is -2.36. The summed E-state index contributed by atoms with van der Waals surface area (Å²) in [6.07, 6.45) is 9.00. The van der Waals surface area contributed by atoms with Crippen molar-refractivity contribution in [2.45, 2.75) is 82.5 Å². The number of hydrogen-bond donors (Lipinski definition) is 2. The molecule has 2 heterocycles. The van der Waals surface area contributed by atoms with E-state index in [2.05, 4.69) is 5.32 Å². The molecule has 0 aromatic heterocycles. The zero-order chi connectivity index (χ0) is 14.9. The molecule has 0 aromatic rings. The van der Waals surface area contributed by atoms with Crippen molar-refractivity contribution in [1.29, 1.82) is 0 Å². The summed E-state index contributed by atoms with van der Waals surface area (Å²) in [5.74, 6) is -0.771. The monoisotopic (exact) mass is 295 g/mol. The van der Waals surface area contributed by atoms with Crippen molar-refractivity contribution in [3.05, 3.63) is 0 Å². The number of carboxylic acid groups (broad SMARTS) is 1. The van der Waals surface area contributed by atoms with E-state index in [1.807, 2.05) is 0 Å². The third kappa shape index (κ3) is 3.39. The quantitative estimate of drug-likeness (QED) is 0.815. The van der Waals surface area contributed by atoms with E-state index in [0.29, 0.717) is 12.5 Å². The van der Waals surface area contributed by atoms with E-state index >= 15 is 0 Å². The fourth-order valence-corrected chi connectivity index (χ4v) is 4.43. The van der Waals surface area contributed by atoms with Crippen LogP contribution in [0.4, 0.5) is 0 Å². The lowest BCUT2D eigenvalue weighted by Crippen LogP contribution is -2.44. The lowest BCUT2D eigenvalue weighted by atomic mass is 9.69. The van der Waals surface area contributed by atoms with Crippen LogP contribution in [0, 0.1) is 5.41 Å². The largest absolute Gasteiger partial charge is 0.481 e. The number of amides is 1. The first-order valence-corrected chi connectivity index (χ1v) is 8.23. The number of fused-ring (bicyclic) bond motifs is 2. The number of carbonyl (C=O) groups is 2. The maximum Gasteiger partial charge on any atom is 0.303 e. The zero-order valence-electron chi connectivity index (χ0n) is 12.5. The number of nitrogens with one attached hydrogen (secondary N) is 1. The van der Waals surface area contributed by atoms with Gasteiger partial charge in [-0.2, -0.15) is 0 Å². The fourth-order valence-electron chi connectivity index (χ4n) is 4.43. The van der Waals surface area contributed by atoms with Crippen LogP contribution in [-0.4, -0.2) is 35.2 Å². The molecule has 21 heavy (non-hydrogen) atoms. The van der Waals surface area contributed by atoms with E-state index in [1.54, 1.807) is 0 Å². The molecule has 2 saturated heterocycles. The van der Waals surface area contributed by atoms with Crippen LogP contribution in [-0.2, 0) is 14.3 Å². The molecule has 2 aliphatic heterocycles. The lowest BCUT2D eigenvalue weighted by molar-refractivity contribution is -0.141. The van der Waals surface area contributed by atoms with Crippen molar-refractivity contribution in [2.24, 2.45) is 5.41 Å². The number of carboxylic acids is 1. The number of carbonyl (C=O) groups excluding carboxylic acids is 1. The van der Waals surface area contributed by atoms with Gasteiger partial charge in [0.15, 0.2) is 0 Å². The Kier molecular flexibility index (Phi) is 4.20. The Morgan fingerprint density at radius 2 is 1.90 bits per heavy atom. The number of aliphatic carboxylic acids is 1. The van der Waals surface area contributed by atoms with E-state index in [-0.39, 0.29) is 29.9 Å². The summed E-state index contributed by atoms with van der Waals surface area (Å²) in [5.41, 5.74) is -0.327. The smallest absolute Gasteiger partial charge is 0.303 e. The minimum atomic E-state index is -0.784. The third-order valence-electron chi connectivity index (χ3n) is 5.43. The molecule has 5 nitrogen and oxygen atoms in total. The van der Waals surface area contributed by atoms with Crippen molar-refractivity contribution in [2.75, 3.05) is 0 Å². The van der Waals surface area contributed by atoms with E-state index in [9.17, 15) is 9.59 Å². The van der Waals surface area contributed by atoms with Gasteiger partial charge in [-0.25, -0.2) is 0 Å². The second-order valence-corrected chi connectivity index (χ2v) is 7.09. The standard InChI is InChI=1S/C16H25NO4/c18-14(17-12-8-11-4-5-13(12)21-11)9-16(10-15(19)20)6-2-1-3-7-16/h11-13H,1-10H2,(H,17,18)(H,19,20). The molecule has 5 heteroatoms. The molecule has 0 radical (unpaired) electrons. The van der Waals surface area contributed by atoms with Crippen LogP contribution >= 0.6 is 0 Å². The predicted octanol–water partition coefficient (Wildman–Crippen LogP) is 2.24. The van der Waals surface area contributed by atoms with Gasteiger partial charge in [-0.05, 0) is 37.5 Å². The van der Waals surface area contributed by atoms with Crippen molar-refractivity contribution >= 4 is 11.9 Å². The second-order valence-electron chi connectivity index (χ2n) is 7.09. The van der Waals surface area contributed by atoms with E-state index in [0.717, 1.165) is 51.4 Å². The second kappa shape index (κ2) is 5.95. The van der Waals surface area contributed by atoms with Gasteiger partial charge in [0.05, 0.1) is 24.7 Å². The maximum absolute atomic E-state index is 12.4. The average Bonchev–Trinajstić information content (AvgIpc) is 3.00. The van der Waals surface area contributed by atoms with Gasteiger partial charge in [0.1, 0.15) is 0 Å². The van der Waals surface area contributed by atoms with Gasteiger partial charge < -0.3 is 15.2 Å². The summed E-state index contributed by atoms with van der Waals surface area (Å²) in [6.45, 7) is 0. The number of hydrogen-bond acceptors (Lipinski definition) is 3. The molecular formula is C16H25NO4. The van der Waals surface area contributed by atoms with Crippen LogP contribution in [0.3, 0.4) is 0 Å². The summed E-state index contributed by atoms with van der Waals surface area (Å²) in [4.78, 5) is 23.5. The predicted molar refractivity (Wildman–Crippen MR) is 76.8 cm³/mol. The van der Waals surface area contributed by atoms with E-state index in [4.69, 9.17) is 9.84 Å². The third-order valence-corrected chi connectivity index (χ3v) is 5.43.